The van der Waals surface area contributed by atoms with E-state index in [1.54, 1.807) is 42.5 Å². The SMILES string of the molecule is COc1cc(Cl)ccc1C(=O)c1cccc(Cl)c1. The molecule has 92 valence electrons. The van der Waals surface area contributed by atoms with Gasteiger partial charge in [-0.25, -0.2) is 0 Å². The molecule has 0 aliphatic heterocycles. The van der Waals surface area contributed by atoms with Crippen LogP contribution in [-0.4, -0.2) is 12.9 Å². The molecular weight excluding hydrogens is 271 g/mol. The molecule has 0 spiro atoms. The number of methoxy groups -OCH3 is 1. The summed E-state index contributed by atoms with van der Waals surface area (Å²) in [6, 6.07) is 11.7. The summed E-state index contributed by atoms with van der Waals surface area (Å²) in [7, 11) is 1.50. The van der Waals surface area contributed by atoms with Gasteiger partial charge in [-0.05, 0) is 30.3 Å². The van der Waals surface area contributed by atoms with Crippen LogP contribution in [0.15, 0.2) is 42.5 Å². The van der Waals surface area contributed by atoms with Gasteiger partial charge < -0.3 is 4.74 Å². The zero-order valence-corrected chi connectivity index (χ0v) is 11.1. The van der Waals surface area contributed by atoms with Crippen molar-refractivity contribution < 1.29 is 9.53 Å². The number of rotatable bonds is 3. The Bertz CT molecular complexity index is 594. The smallest absolute Gasteiger partial charge is 0.196 e. The maximum Gasteiger partial charge on any atom is 0.196 e. The molecule has 0 amide bonds. The lowest BCUT2D eigenvalue weighted by Gasteiger charge is -2.08. The Labute approximate surface area is 115 Å². The fourth-order valence-corrected chi connectivity index (χ4v) is 1.99. The quantitative estimate of drug-likeness (QED) is 0.787. The van der Waals surface area contributed by atoms with E-state index < -0.39 is 0 Å². The maximum atomic E-state index is 12.3. The van der Waals surface area contributed by atoms with Crippen LogP contribution in [0.2, 0.25) is 10.0 Å². The predicted octanol–water partition coefficient (Wildman–Crippen LogP) is 4.23. The third-order valence-electron chi connectivity index (χ3n) is 2.50. The molecule has 0 aromatic heterocycles. The van der Waals surface area contributed by atoms with Crippen LogP contribution in [0.25, 0.3) is 0 Å². The molecule has 0 saturated heterocycles. The van der Waals surface area contributed by atoms with Gasteiger partial charge in [0.1, 0.15) is 5.75 Å². The number of halogens is 2. The Kier molecular flexibility index (Phi) is 3.90. The topological polar surface area (TPSA) is 26.3 Å². The van der Waals surface area contributed by atoms with Gasteiger partial charge in [-0.2, -0.15) is 0 Å². The van der Waals surface area contributed by atoms with Gasteiger partial charge >= 0.3 is 0 Å². The van der Waals surface area contributed by atoms with E-state index in [0.717, 1.165) is 0 Å². The monoisotopic (exact) mass is 280 g/mol. The molecular formula is C14H10Cl2O2. The summed E-state index contributed by atoms with van der Waals surface area (Å²) < 4.78 is 5.16. The van der Waals surface area contributed by atoms with Crippen molar-refractivity contribution in [3.05, 3.63) is 63.6 Å². The van der Waals surface area contributed by atoms with E-state index in [1.807, 2.05) is 0 Å². The zero-order valence-electron chi connectivity index (χ0n) is 9.61. The molecule has 2 nitrogen and oxygen atoms in total. The number of carbonyl (C=O) groups is 1. The number of hydrogen-bond donors (Lipinski definition) is 0. The van der Waals surface area contributed by atoms with Crippen LogP contribution in [0.1, 0.15) is 15.9 Å². The summed E-state index contributed by atoms with van der Waals surface area (Å²) in [6.45, 7) is 0. The van der Waals surface area contributed by atoms with Crippen LogP contribution in [0, 0.1) is 0 Å². The minimum Gasteiger partial charge on any atom is -0.496 e. The molecule has 4 heteroatoms. The third-order valence-corrected chi connectivity index (χ3v) is 2.97. The molecule has 0 radical (unpaired) electrons. The molecule has 2 aromatic rings. The van der Waals surface area contributed by atoms with Gasteiger partial charge in [-0.15, -0.1) is 0 Å². The Morgan fingerprint density at radius 3 is 2.44 bits per heavy atom. The summed E-state index contributed by atoms with van der Waals surface area (Å²) in [6.07, 6.45) is 0. The van der Waals surface area contributed by atoms with Gasteiger partial charge in [-0.1, -0.05) is 35.3 Å². The molecule has 18 heavy (non-hydrogen) atoms. The molecule has 0 N–H and O–H groups in total. The van der Waals surface area contributed by atoms with Crippen molar-refractivity contribution in [1.82, 2.24) is 0 Å². The Morgan fingerprint density at radius 2 is 1.78 bits per heavy atom. The van der Waals surface area contributed by atoms with Crippen LogP contribution in [0.3, 0.4) is 0 Å². The molecule has 2 rings (SSSR count). The van der Waals surface area contributed by atoms with Crippen molar-refractivity contribution in [1.29, 1.82) is 0 Å². The highest BCUT2D eigenvalue weighted by Gasteiger charge is 2.14. The van der Waals surface area contributed by atoms with Gasteiger partial charge in [0, 0.05) is 15.6 Å². The van der Waals surface area contributed by atoms with E-state index in [0.29, 0.717) is 26.9 Å². The van der Waals surface area contributed by atoms with E-state index >= 15 is 0 Å². The fraction of sp³-hybridized carbons (Fsp3) is 0.0714. The molecule has 2 aromatic carbocycles. The minimum absolute atomic E-state index is 0.147. The first kappa shape index (κ1) is 12.9. The fourth-order valence-electron chi connectivity index (χ4n) is 1.64. The summed E-state index contributed by atoms with van der Waals surface area (Å²) >= 11 is 11.7. The molecule has 0 bridgehead atoms. The van der Waals surface area contributed by atoms with Gasteiger partial charge in [0.2, 0.25) is 0 Å². The van der Waals surface area contributed by atoms with Crippen molar-refractivity contribution in [2.24, 2.45) is 0 Å². The van der Waals surface area contributed by atoms with E-state index in [1.165, 1.54) is 7.11 Å². The molecule has 0 heterocycles. The number of ether oxygens (including phenoxy) is 1. The third kappa shape index (κ3) is 2.66. The molecule has 0 aliphatic rings. The summed E-state index contributed by atoms with van der Waals surface area (Å²) in [4.78, 5) is 12.3. The molecule has 0 unspecified atom stereocenters. The maximum absolute atomic E-state index is 12.3. The van der Waals surface area contributed by atoms with Gasteiger partial charge in [-0.3, -0.25) is 4.79 Å². The van der Waals surface area contributed by atoms with Crippen LogP contribution in [0.4, 0.5) is 0 Å². The second kappa shape index (κ2) is 5.42. The van der Waals surface area contributed by atoms with Crippen LogP contribution >= 0.6 is 23.2 Å². The second-order valence-electron chi connectivity index (χ2n) is 3.68. The summed E-state index contributed by atoms with van der Waals surface area (Å²) in [5, 5.41) is 1.04. The summed E-state index contributed by atoms with van der Waals surface area (Å²) in [5.74, 6) is 0.304. The Morgan fingerprint density at radius 1 is 1.06 bits per heavy atom. The highest BCUT2D eigenvalue weighted by atomic mass is 35.5. The first-order valence-electron chi connectivity index (χ1n) is 5.25. The van der Waals surface area contributed by atoms with Gasteiger partial charge in [0.05, 0.1) is 12.7 Å². The van der Waals surface area contributed by atoms with E-state index in [9.17, 15) is 4.79 Å². The predicted molar refractivity (Wildman–Crippen MR) is 72.9 cm³/mol. The van der Waals surface area contributed by atoms with E-state index in [4.69, 9.17) is 27.9 Å². The van der Waals surface area contributed by atoms with Crippen molar-refractivity contribution in [3.63, 3.8) is 0 Å². The van der Waals surface area contributed by atoms with Crippen molar-refractivity contribution >= 4 is 29.0 Å². The Hall–Kier alpha value is -1.51. The summed E-state index contributed by atoms with van der Waals surface area (Å²) in [5.41, 5.74) is 0.979. The number of benzene rings is 2. The highest BCUT2D eigenvalue weighted by molar-refractivity contribution is 6.31. The van der Waals surface area contributed by atoms with Crippen LogP contribution in [-0.2, 0) is 0 Å². The lowest BCUT2D eigenvalue weighted by Crippen LogP contribution is -2.03. The van der Waals surface area contributed by atoms with Crippen molar-refractivity contribution in [2.45, 2.75) is 0 Å². The lowest BCUT2D eigenvalue weighted by atomic mass is 10.0. The second-order valence-corrected chi connectivity index (χ2v) is 4.56. The van der Waals surface area contributed by atoms with Crippen LogP contribution < -0.4 is 4.74 Å². The highest BCUT2D eigenvalue weighted by Crippen LogP contribution is 2.26. The first-order valence-corrected chi connectivity index (χ1v) is 6.01. The van der Waals surface area contributed by atoms with Gasteiger partial charge in [0.25, 0.3) is 0 Å². The van der Waals surface area contributed by atoms with Crippen molar-refractivity contribution in [2.75, 3.05) is 7.11 Å². The zero-order chi connectivity index (χ0) is 13.1. The van der Waals surface area contributed by atoms with Gasteiger partial charge in [0.15, 0.2) is 5.78 Å². The first-order chi connectivity index (χ1) is 8.61. The van der Waals surface area contributed by atoms with Crippen molar-refractivity contribution in [3.8, 4) is 5.75 Å². The number of hydrogen-bond acceptors (Lipinski definition) is 2. The largest absolute Gasteiger partial charge is 0.496 e. The number of ketones is 1. The number of carbonyl (C=O) groups excluding carboxylic acids is 1. The lowest BCUT2D eigenvalue weighted by molar-refractivity contribution is 0.103. The average Bonchev–Trinajstić information content (AvgIpc) is 2.37. The minimum atomic E-state index is -0.147. The van der Waals surface area contributed by atoms with E-state index in [-0.39, 0.29) is 5.78 Å². The average molecular weight is 281 g/mol. The Balaban J connectivity index is 2.46. The molecule has 0 fully saturated rings. The standard InChI is InChI=1S/C14H10Cl2O2/c1-18-13-8-11(16)5-6-12(13)14(17)9-3-2-4-10(15)7-9/h2-8H,1H3. The normalized spacial score (nSPS) is 10.2. The molecule has 0 atom stereocenters. The molecule has 0 saturated carbocycles. The molecule has 0 aliphatic carbocycles. The van der Waals surface area contributed by atoms with Crippen LogP contribution in [0.5, 0.6) is 5.75 Å². The van der Waals surface area contributed by atoms with E-state index in [2.05, 4.69) is 0 Å².